The lowest BCUT2D eigenvalue weighted by molar-refractivity contribution is 0.0931. The number of hydrogen-bond acceptors (Lipinski definition) is 4. The minimum absolute atomic E-state index is 0.00744. The van der Waals surface area contributed by atoms with Crippen LogP contribution in [0.4, 0.5) is 0 Å². The standard InChI is InChI=1S/C19H21ClN2O4S/c1-21-27(24,25)15-9-10-17(20)16(11-15)19(23)22-18(12-3-4-12)13-5-7-14(26-2)8-6-13/h5-12,18,21H,3-4H2,1-2H3,(H,22,23). The number of benzene rings is 2. The highest BCUT2D eigenvalue weighted by Crippen LogP contribution is 2.41. The Hall–Kier alpha value is -2.09. The van der Waals surface area contributed by atoms with Crippen molar-refractivity contribution in [3.63, 3.8) is 0 Å². The highest BCUT2D eigenvalue weighted by Gasteiger charge is 2.34. The van der Waals surface area contributed by atoms with E-state index in [0.29, 0.717) is 5.92 Å². The summed E-state index contributed by atoms with van der Waals surface area (Å²) in [5.41, 5.74) is 1.11. The van der Waals surface area contributed by atoms with Crippen molar-refractivity contribution in [3.05, 3.63) is 58.6 Å². The molecule has 27 heavy (non-hydrogen) atoms. The molecule has 8 heteroatoms. The quantitative estimate of drug-likeness (QED) is 0.737. The van der Waals surface area contributed by atoms with Crippen molar-refractivity contribution in [2.75, 3.05) is 14.2 Å². The summed E-state index contributed by atoms with van der Waals surface area (Å²) < 4.78 is 31.4. The van der Waals surface area contributed by atoms with E-state index in [-0.39, 0.29) is 21.5 Å². The van der Waals surface area contributed by atoms with Gasteiger partial charge < -0.3 is 10.1 Å². The van der Waals surface area contributed by atoms with Gasteiger partial charge in [0.05, 0.1) is 28.6 Å². The van der Waals surface area contributed by atoms with E-state index in [2.05, 4.69) is 10.0 Å². The molecule has 0 bridgehead atoms. The van der Waals surface area contributed by atoms with E-state index in [1.54, 1.807) is 7.11 Å². The molecule has 0 saturated heterocycles. The molecule has 6 nitrogen and oxygen atoms in total. The van der Waals surface area contributed by atoms with Gasteiger partial charge in [0.2, 0.25) is 10.0 Å². The van der Waals surface area contributed by atoms with Crippen LogP contribution >= 0.6 is 11.6 Å². The summed E-state index contributed by atoms with van der Waals surface area (Å²) in [5.74, 6) is 0.693. The highest BCUT2D eigenvalue weighted by atomic mass is 35.5. The molecular weight excluding hydrogens is 388 g/mol. The third kappa shape index (κ3) is 4.43. The lowest BCUT2D eigenvalue weighted by Crippen LogP contribution is -2.30. The second-order valence-electron chi connectivity index (χ2n) is 6.41. The molecule has 144 valence electrons. The Balaban J connectivity index is 1.87. The Morgan fingerprint density at radius 2 is 1.85 bits per heavy atom. The number of methoxy groups -OCH3 is 1. The molecule has 0 radical (unpaired) electrons. The minimum Gasteiger partial charge on any atom is -0.497 e. The Bertz CT molecular complexity index is 941. The van der Waals surface area contributed by atoms with Crippen LogP contribution in [-0.4, -0.2) is 28.5 Å². The number of carbonyl (C=O) groups is 1. The maximum absolute atomic E-state index is 12.8. The van der Waals surface area contributed by atoms with Gasteiger partial charge in [0, 0.05) is 0 Å². The molecule has 0 heterocycles. The van der Waals surface area contributed by atoms with Gasteiger partial charge in [0.15, 0.2) is 0 Å². The van der Waals surface area contributed by atoms with E-state index in [1.165, 1.54) is 25.2 Å². The molecule has 2 aromatic rings. The second-order valence-corrected chi connectivity index (χ2v) is 8.70. The van der Waals surface area contributed by atoms with Gasteiger partial charge >= 0.3 is 0 Å². The summed E-state index contributed by atoms with van der Waals surface area (Å²) in [6, 6.07) is 11.5. The number of carbonyl (C=O) groups excluding carboxylic acids is 1. The number of sulfonamides is 1. The number of nitrogens with one attached hydrogen (secondary N) is 2. The van der Waals surface area contributed by atoms with Crippen LogP contribution in [0.1, 0.15) is 34.8 Å². The van der Waals surface area contributed by atoms with Crippen LogP contribution < -0.4 is 14.8 Å². The van der Waals surface area contributed by atoms with Gasteiger partial charge in [0.1, 0.15) is 5.75 Å². The molecule has 1 saturated carbocycles. The molecule has 1 atom stereocenters. The van der Waals surface area contributed by atoms with Gasteiger partial charge in [-0.2, -0.15) is 0 Å². The number of ether oxygens (including phenoxy) is 1. The second kappa shape index (κ2) is 7.88. The third-order valence-electron chi connectivity index (χ3n) is 4.62. The van der Waals surface area contributed by atoms with Crippen molar-refractivity contribution in [1.29, 1.82) is 0 Å². The molecule has 1 aliphatic rings. The fourth-order valence-electron chi connectivity index (χ4n) is 2.90. The monoisotopic (exact) mass is 408 g/mol. The number of halogens is 1. The first-order chi connectivity index (χ1) is 12.9. The zero-order valence-electron chi connectivity index (χ0n) is 15.0. The topological polar surface area (TPSA) is 84.5 Å². The fraction of sp³-hybridized carbons (Fsp3) is 0.316. The summed E-state index contributed by atoms with van der Waals surface area (Å²) in [6.07, 6.45) is 2.05. The molecular formula is C19H21ClN2O4S. The lowest BCUT2D eigenvalue weighted by Gasteiger charge is -2.20. The summed E-state index contributed by atoms with van der Waals surface area (Å²) in [4.78, 5) is 12.8. The van der Waals surface area contributed by atoms with E-state index >= 15 is 0 Å². The molecule has 0 spiro atoms. The molecule has 2 aromatic carbocycles. The summed E-state index contributed by atoms with van der Waals surface area (Å²) in [5, 5.41) is 3.21. The predicted molar refractivity (Wildman–Crippen MR) is 104 cm³/mol. The van der Waals surface area contributed by atoms with Crippen molar-refractivity contribution in [2.45, 2.75) is 23.8 Å². The molecule has 1 aliphatic carbocycles. The van der Waals surface area contributed by atoms with Gasteiger partial charge in [-0.05, 0) is 61.7 Å². The van der Waals surface area contributed by atoms with E-state index < -0.39 is 15.9 Å². The van der Waals surface area contributed by atoms with E-state index in [4.69, 9.17) is 16.3 Å². The van der Waals surface area contributed by atoms with Gasteiger partial charge in [-0.3, -0.25) is 4.79 Å². The number of amides is 1. The van der Waals surface area contributed by atoms with Crippen LogP contribution in [0, 0.1) is 5.92 Å². The van der Waals surface area contributed by atoms with Crippen LogP contribution in [0.15, 0.2) is 47.4 Å². The van der Waals surface area contributed by atoms with Gasteiger partial charge in [-0.1, -0.05) is 23.7 Å². The molecule has 1 unspecified atom stereocenters. The summed E-state index contributed by atoms with van der Waals surface area (Å²) in [7, 11) is -0.749. The zero-order chi connectivity index (χ0) is 19.6. The molecule has 1 amide bonds. The van der Waals surface area contributed by atoms with Crippen molar-refractivity contribution in [1.82, 2.24) is 10.0 Å². The first kappa shape index (κ1) is 19.7. The Morgan fingerprint density at radius 3 is 2.41 bits per heavy atom. The smallest absolute Gasteiger partial charge is 0.253 e. The van der Waals surface area contributed by atoms with E-state index in [9.17, 15) is 13.2 Å². The van der Waals surface area contributed by atoms with E-state index in [1.807, 2.05) is 24.3 Å². The SMILES string of the molecule is CNS(=O)(=O)c1ccc(Cl)c(C(=O)NC(c2ccc(OC)cc2)C2CC2)c1. The average Bonchev–Trinajstić information content (AvgIpc) is 3.51. The maximum atomic E-state index is 12.8. The average molecular weight is 409 g/mol. The van der Waals surface area contributed by atoms with Gasteiger partial charge in [-0.15, -0.1) is 0 Å². The molecule has 1 fully saturated rings. The predicted octanol–water partition coefficient (Wildman–Crippen LogP) is 3.14. The molecule has 3 rings (SSSR count). The maximum Gasteiger partial charge on any atom is 0.253 e. The van der Waals surface area contributed by atoms with Crippen molar-refractivity contribution < 1.29 is 17.9 Å². The Morgan fingerprint density at radius 1 is 1.19 bits per heavy atom. The van der Waals surface area contributed by atoms with E-state index in [0.717, 1.165) is 24.2 Å². The number of rotatable bonds is 7. The van der Waals surface area contributed by atoms with Crippen molar-refractivity contribution >= 4 is 27.5 Å². The summed E-state index contributed by atoms with van der Waals surface area (Å²) in [6.45, 7) is 0. The minimum atomic E-state index is -3.67. The normalized spacial score (nSPS) is 15.2. The van der Waals surface area contributed by atoms with Crippen LogP contribution in [0.2, 0.25) is 5.02 Å². The van der Waals surface area contributed by atoms with Crippen LogP contribution in [0.5, 0.6) is 5.75 Å². The Labute approximate surface area is 163 Å². The molecule has 0 aromatic heterocycles. The first-order valence-electron chi connectivity index (χ1n) is 8.53. The third-order valence-corrected chi connectivity index (χ3v) is 6.36. The molecule has 2 N–H and O–H groups in total. The number of hydrogen-bond donors (Lipinski definition) is 2. The summed E-state index contributed by atoms with van der Waals surface area (Å²) >= 11 is 6.16. The highest BCUT2D eigenvalue weighted by molar-refractivity contribution is 7.89. The van der Waals surface area contributed by atoms with Gasteiger partial charge in [-0.25, -0.2) is 13.1 Å². The molecule has 0 aliphatic heterocycles. The van der Waals surface area contributed by atoms with Crippen LogP contribution in [-0.2, 0) is 10.0 Å². The van der Waals surface area contributed by atoms with Crippen molar-refractivity contribution in [3.8, 4) is 5.75 Å². The zero-order valence-corrected chi connectivity index (χ0v) is 16.6. The largest absolute Gasteiger partial charge is 0.497 e. The van der Waals surface area contributed by atoms with Gasteiger partial charge in [0.25, 0.3) is 5.91 Å². The fourth-order valence-corrected chi connectivity index (χ4v) is 3.86. The van der Waals surface area contributed by atoms with Crippen LogP contribution in [0.25, 0.3) is 0 Å². The van der Waals surface area contributed by atoms with Crippen molar-refractivity contribution in [2.24, 2.45) is 5.92 Å². The van der Waals surface area contributed by atoms with Crippen LogP contribution in [0.3, 0.4) is 0 Å². The lowest BCUT2D eigenvalue weighted by atomic mass is 10.0. The first-order valence-corrected chi connectivity index (χ1v) is 10.4. The Kier molecular flexibility index (Phi) is 5.74.